The third kappa shape index (κ3) is 6.89. The summed E-state index contributed by atoms with van der Waals surface area (Å²) in [6.07, 6.45) is 2.82. The summed E-state index contributed by atoms with van der Waals surface area (Å²) in [7, 11) is -3.64. The number of hydrogen-bond acceptors (Lipinski definition) is 6. The number of amides is 1. The summed E-state index contributed by atoms with van der Waals surface area (Å²) in [5, 5.41) is 13.1. The van der Waals surface area contributed by atoms with Crippen molar-refractivity contribution in [1.29, 1.82) is 0 Å². The number of aliphatic hydroxyl groups excluding tert-OH is 1. The number of carbonyl (C=O) groups is 1. The van der Waals surface area contributed by atoms with Gasteiger partial charge in [-0.2, -0.15) is 35.4 Å². The first-order chi connectivity index (χ1) is 14.7. The van der Waals surface area contributed by atoms with Gasteiger partial charge in [0.2, 0.25) is 5.91 Å². The number of aliphatic hydroxyl groups is 1. The average Bonchev–Trinajstić information content (AvgIpc) is 3.44. The summed E-state index contributed by atoms with van der Waals surface area (Å²) in [5.74, 6) is 0.141. The zero-order valence-electron chi connectivity index (χ0n) is 18.5. The van der Waals surface area contributed by atoms with Crippen LogP contribution in [0.5, 0.6) is 5.75 Å². The second kappa shape index (κ2) is 11.1. The average molecular weight is 513 g/mol. The van der Waals surface area contributed by atoms with Crippen molar-refractivity contribution in [3.8, 4) is 5.75 Å². The molecule has 33 heavy (non-hydrogen) atoms. The summed E-state index contributed by atoms with van der Waals surface area (Å²) in [4.78, 5) is 15.6. The Morgan fingerprint density at radius 3 is 2.45 bits per heavy atom. The van der Waals surface area contributed by atoms with Gasteiger partial charge in [-0.05, 0) is 42.5 Å². The lowest BCUT2D eigenvalue weighted by atomic mass is 9.93. The molecule has 2 fully saturated rings. The SMILES string of the molecule is CS(=O)(=O)Oc1cccc(C2(C(=O)N[C@H](CN3CC[C@H](O)C3)c3ccccc3)CC2)c1.S.S. The van der Waals surface area contributed by atoms with E-state index in [1.165, 1.54) is 0 Å². The van der Waals surface area contributed by atoms with Crippen LogP contribution in [0.15, 0.2) is 54.6 Å². The van der Waals surface area contributed by atoms with Crippen LogP contribution in [0.4, 0.5) is 0 Å². The molecule has 0 aromatic heterocycles. The lowest BCUT2D eigenvalue weighted by Crippen LogP contribution is -2.42. The number of nitrogens with one attached hydrogen (secondary N) is 1. The van der Waals surface area contributed by atoms with Gasteiger partial charge in [0, 0.05) is 19.6 Å². The maximum Gasteiger partial charge on any atom is 0.306 e. The molecule has 1 heterocycles. The second-order valence-corrected chi connectivity index (χ2v) is 10.1. The van der Waals surface area contributed by atoms with Gasteiger partial charge in [-0.15, -0.1) is 0 Å². The van der Waals surface area contributed by atoms with Crippen molar-refractivity contribution < 1.29 is 22.5 Å². The van der Waals surface area contributed by atoms with E-state index < -0.39 is 15.5 Å². The van der Waals surface area contributed by atoms with Gasteiger partial charge < -0.3 is 14.6 Å². The van der Waals surface area contributed by atoms with Crippen LogP contribution < -0.4 is 9.50 Å². The molecule has 1 aliphatic heterocycles. The third-order valence-corrected chi connectivity index (χ3v) is 6.51. The maximum absolute atomic E-state index is 13.4. The molecule has 0 spiro atoms. The van der Waals surface area contributed by atoms with Gasteiger partial charge in [-0.25, -0.2) is 0 Å². The molecule has 7 nitrogen and oxygen atoms in total. The topological polar surface area (TPSA) is 95.9 Å². The Balaban J connectivity index is 0.00000193. The van der Waals surface area contributed by atoms with Crippen molar-refractivity contribution in [2.75, 3.05) is 25.9 Å². The first kappa shape index (κ1) is 27.5. The second-order valence-electron chi connectivity index (χ2n) is 8.54. The maximum atomic E-state index is 13.4. The van der Waals surface area contributed by atoms with Gasteiger partial charge in [-0.1, -0.05) is 42.5 Å². The lowest BCUT2D eigenvalue weighted by molar-refractivity contribution is -0.124. The zero-order chi connectivity index (χ0) is 22.1. The van der Waals surface area contributed by atoms with E-state index in [1.807, 2.05) is 36.4 Å². The van der Waals surface area contributed by atoms with Gasteiger partial charge in [0.1, 0.15) is 5.75 Å². The summed E-state index contributed by atoms with van der Waals surface area (Å²) >= 11 is 0. The van der Waals surface area contributed by atoms with Crippen LogP contribution in [0.1, 0.15) is 36.4 Å². The van der Waals surface area contributed by atoms with Crippen LogP contribution in [-0.4, -0.2) is 56.3 Å². The number of likely N-dealkylation sites (tertiary alicyclic amines) is 1. The standard InChI is InChI=1S/C23H28N2O5S.2H2S/c1-31(28,29)30-20-9-5-8-18(14-20)23(11-12-23)22(27)24-21(17-6-3-2-4-7-17)16-25-13-10-19(26)15-25;;/h2-9,14,19,21,26H,10-13,15-16H2,1H3,(H,24,27);2*1H2/t19-,21+;;/m0../s1. The van der Waals surface area contributed by atoms with Gasteiger partial charge in [0.15, 0.2) is 0 Å². The van der Waals surface area contributed by atoms with E-state index in [9.17, 15) is 18.3 Å². The zero-order valence-corrected chi connectivity index (χ0v) is 21.3. The Morgan fingerprint density at radius 1 is 1.18 bits per heavy atom. The first-order valence-corrected chi connectivity index (χ1v) is 12.3. The molecule has 0 radical (unpaired) electrons. The molecule has 2 atom stereocenters. The Labute approximate surface area is 209 Å². The van der Waals surface area contributed by atoms with Crippen LogP contribution in [0, 0.1) is 0 Å². The number of benzene rings is 2. The quantitative estimate of drug-likeness (QED) is 0.527. The number of hydrogen-bond donors (Lipinski definition) is 2. The fourth-order valence-electron chi connectivity index (χ4n) is 4.24. The van der Waals surface area contributed by atoms with Crippen LogP contribution >= 0.6 is 27.0 Å². The number of rotatable bonds is 8. The highest BCUT2D eigenvalue weighted by Gasteiger charge is 2.52. The molecule has 0 unspecified atom stereocenters. The molecular weight excluding hydrogens is 480 g/mol. The fraction of sp³-hybridized carbons (Fsp3) is 0.435. The minimum Gasteiger partial charge on any atom is -0.392 e. The lowest BCUT2D eigenvalue weighted by Gasteiger charge is -2.27. The van der Waals surface area contributed by atoms with E-state index in [1.54, 1.807) is 18.2 Å². The summed E-state index contributed by atoms with van der Waals surface area (Å²) < 4.78 is 28.0. The molecule has 1 saturated heterocycles. The Kier molecular flexibility index (Phi) is 9.29. The van der Waals surface area contributed by atoms with Crippen molar-refractivity contribution in [1.82, 2.24) is 10.2 Å². The van der Waals surface area contributed by atoms with Crippen LogP contribution in [0.2, 0.25) is 0 Å². The molecule has 182 valence electrons. The van der Waals surface area contributed by atoms with Crippen molar-refractivity contribution >= 4 is 43.0 Å². The Bertz CT molecular complexity index is 1050. The van der Waals surface area contributed by atoms with Crippen LogP contribution in [-0.2, 0) is 20.3 Å². The van der Waals surface area contributed by atoms with Gasteiger partial charge >= 0.3 is 10.1 Å². The molecular formula is C23H32N2O5S3. The van der Waals surface area contributed by atoms with E-state index in [2.05, 4.69) is 10.2 Å². The predicted octanol–water partition coefficient (Wildman–Crippen LogP) is 2.21. The highest BCUT2D eigenvalue weighted by atomic mass is 32.2. The molecule has 1 amide bonds. The van der Waals surface area contributed by atoms with E-state index in [0.29, 0.717) is 25.9 Å². The first-order valence-electron chi connectivity index (χ1n) is 10.5. The van der Waals surface area contributed by atoms with E-state index >= 15 is 0 Å². The van der Waals surface area contributed by atoms with Gasteiger partial charge in [0.05, 0.1) is 23.8 Å². The number of β-amino-alcohol motifs (C(OH)–C–C–N with tert-alkyl or cyclic N) is 1. The Hall–Kier alpha value is -1.72. The monoisotopic (exact) mass is 512 g/mol. The minimum absolute atomic E-state index is 0. The number of carbonyl (C=O) groups excluding carboxylic acids is 1. The van der Waals surface area contributed by atoms with E-state index in [4.69, 9.17) is 4.18 Å². The van der Waals surface area contributed by atoms with Crippen molar-refractivity contribution in [2.45, 2.75) is 36.8 Å². The van der Waals surface area contributed by atoms with Crippen molar-refractivity contribution in [3.05, 3.63) is 65.7 Å². The van der Waals surface area contributed by atoms with Crippen molar-refractivity contribution in [3.63, 3.8) is 0 Å². The van der Waals surface area contributed by atoms with E-state index in [0.717, 1.165) is 30.3 Å². The fourth-order valence-corrected chi connectivity index (χ4v) is 4.70. The summed E-state index contributed by atoms with van der Waals surface area (Å²) in [6, 6.07) is 16.4. The number of nitrogens with zero attached hydrogens (tertiary/aromatic N) is 1. The molecule has 10 heteroatoms. The van der Waals surface area contributed by atoms with Gasteiger partial charge in [-0.3, -0.25) is 9.69 Å². The van der Waals surface area contributed by atoms with Crippen molar-refractivity contribution in [2.24, 2.45) is 0 Å². The Morgan fingerprint density at radius 2 is 1.88 bits per heavy atom. The molecule has 4 rings (SSSR count). The molecule has 2 aromatic rings. The van der Waals surface area contributed by atoms with Gasteiger partial charge in [0.25, 0.3) is 0 Å². The summed E-state index contributed by atoms with van der Waals surface area (Å²) in [5.41, 5.74) is 1.10. The molecule has 2 aliphatic rings. The third-order valence-electron chi connectivity index (χ3n) is 6.01. The molecule has 0 bridgehead atoms. The molecule has 1 saturated carbocycles. The summed E-state index contributed by atoms with van der Waals surface area (Å²) in [6.45, 7) is 2.03. The smallest absolute Gasteiger partial charge is 0.306 e. The highest BCUT2D eigenvalue weighted by Crippen LogP contribution is 2.49. The molecule has 1 aliphatic carbocycles. The predicted molar refractivity (Wildman–Crippen MR) is 138 cm³/mol. The normalized spacial score (nSPS) is 20.1. The largest absolute Gasteiger partial charge is 0.392 e. The van der Waals surface area contributed by atoms with Crippen LogP contribution in [0.3, 0.4) is 0 Å². The van der Waals surface area contributed by atoms with Crippen LogP contribution in [0.25, 0.3) is 0 Å². The molecule has 2 N–H and O–H groups in total. The molecule has 2 aromatic carbocycles. The van der Waals surface area contributed by atoms with E-state index in [-0.39, 0.29) is 50.8 Å². The minimum atomic E-state index is -3.64. The highest BCUT2D eigenvalue weighted by molar-refractivity contribution is 7.86.